The molecule has 0 spiro atoms. The van der Waals surface area contributed by atoms with Crippen molar-refractivity contribution in [1.29, 1.82) is 0 Å². The smallest absolute Gasteiger partial charge is 0.343 e. The highest BCUT2D eigenvalue weighted by Crippen LogP contribution is 2.35. The maximum Gasteiger partial charge on any atom is 0.343 e. The minimum absolute atomic E-state index is 0.0977. The van der Waals surface area contributed by atoms with Crippen LogP contribution in [0.5, 0.6) is 23.0 Å². The van der Waals surface area contributed by atoms with Crippen LogP contribution in [0.3, 0.4) is 0 Å². The van der Waals surface area contributed by atoms with E-state index in [-0.39, 0.29) is 24.7 Å². The molecular formula is C23H14Br3ClN2O6. The van der Waals surface area contributed by atoms with E-state index in [1.54, 1.807) is 48.5 Å². The lowest BCUT2D eigenvalue weighted by atomic mass is 10.2. The Morgan fingerprint density at radius 3 is 2.63 bits per heavy atom. The van der Waals surface area contributed by atoms with E-state index in [1.165, 1.54) is 6.21 Å². The van der Waals surface area contributed by atoms with Gasteiger partial charge in [-0.3, -0.25) is 4.79 Å². The molecule has 1 amide bonds. The van der Waals surface area contributed by atoms with E-state index in [4.69, 9.17) is 30.5 Å². The number of hydrogen-bond donors (Lipinski definition) is 1. The highest BCUT2D eigenvalue weighted by Gasteiger charge is 2.19. The summed E-state index contributed by atoms with van der Waals surface area (Å²) >= 11 is 16.0. The van der Waals surface area contributed by atoms with Gasteiger partial charge in [0, 0.05) is 15.1 Å². The van der Waals surface area contributed by atoms with Crippen LogP contribution in [0.25, 0.3) is 0 Å². The maximum absolute atomic E-state index is 12.8. The minimum Gasteiger partial charge on any atom is -0.483 e. The maximum atomic E-state index is 12.8. The average molecular weight is 690 g/mol. The lowest BCUT2D eigenvalue weighted by Gasteiger charge is -2.11. The summed E-state index contributed by atoms with van der Waals surface area (Å²) in [7, 11) is 0. The van der Waals surface area contributed by atoms with E-state index in [0.717, 1.165) is 0 Å². The Morgan fingerprint density at radius 1 is 1.03 bits per heavy atom. The number of esters is 1. The summed E-state index contributed by atoms with van der Waals surface area (Å²) < 4.78 is 23.5. The van der Waals surface area contributed by atoms with Crippen LogP contribution in [-0.4, -0.2) is 31.5 Å². The quantitative estimate of drug-likeness (QED) is 0.139. The number of carbonyl (C=O) groups is 2. The molecule has 0 aliphatic carbocycles. The summed E-state index contributed by atoms with van der Waals surface area (Å²) in [5.41, 5.74) is 3.09. The third-order valence-electron chi connectivity index (χ3n) is 4.49. The number of benzene rings is 3. The third-order valence-corrected chi connectivity index (χ3v) is 6.39. The van der Waals surface area contributed by atoms with Crippen LogP contribution in [0.4, 0.5) is 0 Å². The van der Waals surface area contributed by atoms with Crippen molar-refractivity contribution in [3.63, 3.8) is 0 Å². The van der Waals surface area contributed by atoms with E-state index in [2.05, 4.69) is 58.3 Å². The number of hydrogen-bond acceptors (Lipinski definition) is 7. The van der Waals surface area contributed by atoms with Gasteiger partial charge in [0.2, 0.25) is 6.79 Å². The molecule has 0 aromatic heterocycles. The number of nitrogens with zero attached hydrogens (tertiary/aromatic N) is 1. The van der Waals surface area contributed by atoms with E-state index in [9.17, 15) is 9.59 Å². The Kier molecular flexibility index (Phi) is 8.32. The molecule has 3 aromatic rings. The molecule has 1 aliphatic rings. The molecule has 0 bridgehead atoms. The number of amides is 1. The molecule has 0 radical (unpaired) electrons. The van der Waals surface area contributed by atoms with Gasteiger partial charge >= 0.3 is 5.97 Å². The van der Waals surface area contributed by atoms with Gasteiger partial charge in [-0.15, -0.1) is 0 Å². The van der Waals surface area contributed by atoms with Gasteiger partial charge in [0.1, 0.15) is 5.75 Å². The van der Waals surface area contributed by atoms with Crippen LogP contribution in [0, 0.1) is 0 Å². The lowest BCUT2D eigenvalue weighted by molar-refractivity contribution is -0.123. The van der Waals surface area contributed by atoms with Crippen molar-refractivity contribution < 1.29 is 28.5 Å². The first-order valence-corrected chi connectivity index (χ1v) is 12.6. The zero-order valence-corrected chi connectivity index (χ0v) is 23.0. The number of hydrazone groups is 1. The molecule has 0 atom stereocenters. The predicted octanol–water partition coefficient (Wildman–Crippen LogP) is 6.10. The van der Waals surface area contributed by atoms with Crippen LogP contribution in [0.1, 0.15) is 15.9 Å². The average Bonchev–Trinajstić information content (AvgIpc) is 3.28. The summed E-state index contributed by atoms with van der Waals surface area (Å²) in [6.07, 6.45) is 1.36. The molecule has 4 rings (SSSR count). The van der Waals surface area contributed by atoms with Gasteiger partial charge in [-0.05, 0) is 80.4 Å². The second kappa shape index (κ2) is 11.4. The fourth-order valence-corrected chi connectivity index (χ4v) is 5.04. The zero-order chi connectivity index (χ0) is 24.9. The normalized spacial score (nSPS) is 12.0. The highest BCUT2D eigenvalue weighted by molar-refractivity contribution is 9.11. The van der Waals surface area contributed by atoms with Gasteiger partial charge < -0.3 is 18.9 Å². The molecular weight excluding hydrogens is 675 g/mol. The first kappa shape index (κ1) is 25.5. The molecule has 3 aromatic carbocycles. The highest BCUT2D eigenvalue weighted by atomic mass is 79.9. The number of nitrogens with one attached hydrogen (secondary N) is 1. The topological polar surface area (TPSA) is 95.5 Å². The third kappa shape index (κ3) is 6.54. The van der Waals surface area contributed by atoms with Gasteiger partial charge in [-0.2, -0.15) is 5.10 Å². The standard InChI is InChI=1S/C23H14Br3ClN2O6/c24-14-5-13(9-28-29-21(30)10-32-18-4-2-15(27)8-16(18)25)22(17(26)7-14)35-23(31)12-1-3-19-20(6-12)34-11-33-19/h1-9H,10-11H2,(H,29,30)/b28-9-. The monoisotopic (exact) mass is 686 g/mol. The van der Waals surface area contributed by atoms with Crippen molar-refractivity contribution in [1.82, 2.24) is 5.43 Å². The number of ether oxygens (including phenoxy) is 4. The second-order valence-corrected chi connectivity index (χ2v) is 9.98. The lowest BCUT2D eigenvalue weighted by Crippen LogP contribution is -2.24. The molecule has 180 valence electrons. The Balaban J connectivity index is 1.42. The predicted molar refractivity (Wildman–Crippen MR) is 140 cm³/mol. The molecule has 0 saturated carbocycles. The Hall–Kier alpha value is -2.60. The van der Waals surface area contributed by atoms with E-state index in [1.807, 2.05) is 0 Å². The van der Waals surface area contributed by atoms with Gasteiger partial charge in [-0.25, -0.2) is 10.2 Å². The molecule has 12 heteroatoms. The fourth-order valence-electron chi connectivity index (χ4n) is 2.90. The van der Waals surface area contributed by atoms with E-state index in [0.29, 0.717) is 41.3 Å². The summed E-state index contributed by atoms with van der Waals surface area (Å²) in [5.74, 6) is 0.606. The summed E-state index contributed by atoms with van der Waals surface area (Å²) in [6.45, 7) is -0.174. The first-order valence-electron chi connectivity index (χ1n) is 9.81. The number of rotatable bonds is 7. The molecule has 0 saturated heterocycles. The fraction of sp³-hybridized carbons (Fsp3) is 0.0870. The van der Waals surface area contributed by atoms with Gasteiger partial charge in [0.05, 0.1) is 20.7 Å². The Morgan fingerprint density at radius 2 is 1.83 bits per heavy atom. The van der Waals surface area contributed by atoms with Gasteiger partial charge in [-0.1, -0.05) is 27.5 Å². The van der Waals surface area contributed by atoms with E-state index < -0.39 is 11.9 Å². The van der Waals surface area contributed by atoms with Crippen LogP contribution >= 0.6 is 59.4 Å². The second-order valence-electron chi connectivity index (χ2n) is 6.92. The van der Waals surface area contributed by atoms with Crippen molar-refractivity contribution in [3.8, 4) is 23.0 Å². The SMILES string of the molecule is O=C(COc1ccc(Cl)cc1Br)N/N=C\c1cc(Br)cc(Br)c1OC(=O)c1ccc2c(c1)OCO2. The van der Waals surface area contributed by atoms with Gasteiger partial charge in [0.15, 0.2) is 23.9 Å². The van der Waals surface area contributed by atoms with Crippen molar-refractivity contribution >= 4 is 77.5 Å². The zero-order valence-electron chi connectivity index (χ0n) is 17.5. The van der Waals surface area contributed by atoms with E-state index >= 15 is 0 Å². The number of carbonyl (C=O) groups excluding carboxylic acids is 2. The Bertz CT molecular complexity index is 1330. The van der Waals surface area contributed by atoms with Crippen molar-refractivity contribution in [2.24, 2.45) is 5.10 Å². The van der Waals surface area contributed by atoms with Crippen LogP contribution < -0.4 is 24.4 Å². The van der Waals surface area contributed by atoms with Crippen LogP contribution in [0.15, 0.2) is 67.1 Å². The molecule has 1 heterocycles. The van der Waals surface area contributed by atoms with Crippen LogP contribution in [-0.2, 0) is 4.79 Å². The molecule has 1 aliphatic heterocycles. The van der Waals surface area contributed by atoms with Crippen molar-refractivity contribution in [2.45, 2.75) is 0 Å². The summed E-state index contributed by atoms with van der Waals surface area (Å²) in [6, 6.07) is 13.1. The molecule has 0 unspecified atom stereocenters. The summed E-state index contributed by atoms with van der Waals surface area (Å²) in [4.78, 5) is 24.9. The number of halogens is 4. The first-order chi connectivity index (χ1) is 16.8. The summed E-state index contributed by atoms with van der Waals surface area (Å²) in [5, 5.41) is 4.49. The molecule has 8 nitrogen and oxygen atoms in total. The molecule has 35 heavy (non-hydrogen) atoms. The number of fused-ring (bicyclic) bond motifs is 1. The van der Waals surface area contributed by atoms with Gasteiger partial charge in [0.25, 0.3) is 5.91 Å². The van der Waals surface area contributed by atoms with Crippen molar-refractivity contribution in [3.05, 3.63) is 78.1 Å². The molecule has 1 N–H and O–H groups in total. The van der Waals surface area contributed by atoms with Crippen molar-refractivity contribution in [2.75, 3.05) is 13.4 Å². The largest absolute Gasteiger partial charge is 0.483 e. The Labute approximate surface area is 229 Å². The molecule has 0 fully saturated rings. The minimum atomic E-state index is -0.605. The van der Waals surface area contributed by atoms with Crippen LogP contribution in [0.2, 0.25) is 5.02 Å².